The lowest BCUT2D eigenvalue weighted by Gasteiger charge is -2.33. The second-order valence-electron chi connectivity index (χ2n) is 7.02. The Kier molecular flexibility index (Phi) is 6.83. The Morgan fingerprint density at radius 3 is 2.38 bits per heavy atom. The zero-order chi connectivity index (χ0) is 20.9. The van der Waals surface area contributed by atoms with Crippen LogP contribution in [0.5, 0.6) is 5.75 Å². The van der Waals surface area contributed by atoms with Crippen molar-refractivity contribution < 1.29 is 18.1 Å². The molecule has 0 amide bonds. The smallest absolute Gasteiger partial charge is 0.269 e. The molecule has 156 valence electrons. The lowest BCUT2D eigenvalue weighted by atomic mass is 10.2. The van der Waals surface area contributed by atoms with Crippen LogP contribution in [0.2, 0.25) is 0 Å². The Balaban J connectivity index is 1.45. The number of nitrogens with zero attached hydrogens (tertiary/aromatic N) is 3. The molecule has 9 heteroatoms. The zero-order valence-corrected chi connectivity index (χ0v) is 17.2. The van der Waals surface area contributed by atoms with Crippen LogP contribution >= 0.6 is 0 Å². The van der Waals surface area contributed by atoms with E-state index >= 15 is 0 Å². The number of sulfonamides is 1. The molecule has 1 aliphatic rings. The van der Waals surface area contributed by atoms with Gasteiger partial charge in [-0.3, -0.25) is 10.1 Å². The quantitative estimate of drug-likeness (QED) is 0.371. The molecule has 8 nitrogen and oxygen atoms in total. The summed E-state index contributed by atoms with van der Waals surface area (Å²) >= 11 is 0. The summed E-state index contributed by atoms with van der Waals surface area (Å²) in [7, 11) is -3.63. The van der Waals surface area contributed by atoms with Gasteiger partial charge in [0.2, 0.25) is 10.0 Å². The molecule has 0 radical (unpaired) electrons. The van der Waals surface area contributed by atoms with Crippen molar-refractivity contribution in [3.05, 3.63) is 64.2 Å². The average molecular weight is 420 g/mol. The van der Waals surface area contributed by atoms with E-state index in [2.05, 4.69) is 4.90 Å². The molecule has 0 N–H and O–H groups in total. The predicted molar refractivity (Wildman–Crippen MR) is 110 cm³/mol. The SMILES string of the molecule is Cc1cccc(OCCCN2CCN(S(=O)(=O)c3ccc([N+](=O)[O-])cc3)CC2)c1. The fourth-order valence-electron chi connectivity index (χ4n) is 3.27. The first-order valence-corrected chi connectivity index (χ1v) is 11.0. The molecule has 0 spiro atoms. The van der Waals surface area contributed by atoms with Crippen molar-refractivity contribution in [2.75, 3.05) is 39.3 Å². The third kappa shape index (κ3) is 5.53. The van der Waals surface area contributed by atoms with Crippen molar-refractivity contribution in [2.45, 2.75) is 18.2 Å². The highest BCUT2D eigenvalue weighted by atomic mass is 32.2. The minimum atomic E-state index is -3.63. The van der Waals surface area contributed by atoms with Crippen LogP contribution in [0.25, 0.3) is 0 Å². The molecule has 1 saturated heterocycles. The molecule has 0 aromatic heterocycles. The van der Waals surface area contributed by atoms with Crippen LogP contribution in [-0.2, 0) is 10.0 Å². The number of piperazine rings is 1. The van der Waals surface area contributed by atoms with Gasteiger partial charge >= 0.3 is 0 Å². The maximum absolute atomic E-state index is 12.7. The first kappa shape index (κ1) is 21.2. The van der Waals surface area contributed by atoms with E-state index in [0.29, 0.717) is 32.8 Å². The minimum absolute atomic E-state index is 0.0862. The summed E-state index contributed by atoms with van der Waals surface area (Å²) in [6.07, 6.45) is 0.864. The van der Waals surface area contributed by atoms with Crippen LogP contribution in [0.15, 0.2) is 53.4 Å². The topological polar surface area (TPSA) is 93.0 Å². The van der Waals surface area contributed by atoms with Crippen molar-refractivity contribution in [3.63, 3.8) is 0 Å². The number of hydrogen-bond acceptors (Lipinski definition) is 6. The molecule has 0 unspecified atom stereocenters. The van der Waals surface area contributed by atoms with Crippen molar-refractivity contribution >= 4 is 15.7 Å². The second-order valence-corrected chi connectivity index (χ2v) is 8.95. The van der Waals surface area contributed by atoms with Crippen molar-refractivity contribution in [1.82, 2.24) is 9.21 Å². The van der Waals surface area contributed by atoms with Crippen molar-refractivity contribution in [2.24, 2.45) is 0 Å². The van der Waals surface area contributed by atoms with Crippen molar-refractivity contribution in [3.8, 4) is 5.75 Å². The molecule has 1 aliphatic heterocycles. The first-order valence-electron chi connectivity index (χ1n) is 9.53. The molecule has 0 saturated carbocycles. The number of rotatable bonds is 8. The molecule has 29 heavy (non-hydrogen) atoms. The van der Waals surface area contributed by atoms with Gasteiger partial charge in [-0.2, -0.15) is 4.31 Å². The molecule has 1 fully saturated rings. The van der Waals surface area contributed by atoms with Gasteiger partial charge in [-0.25, -0.2) is 8.42 Å². The standard InChI is InChI=1S/C20H25N3O5S/c1-17-4-2-5-19(16-17)28-15-3-10-21-11-13-22(14-12-21)29(26,27)20-8-6-18(7-9-20)23(24)25/h2,4-9,16H,3,10-15H2,1H3. The van der Waals surface area contributed by atoms with E-state index in [4.69, 9.17) is 4.74 Å². The summed E-state index contributed by atoms with van der Waals surface area (Å²) in [4.78, 5) is 12.5. The maximum Gasteiger partial charge on any atom is 0.269 e. The molecule has 0 atom stereocenters. The Labute approximate surface area is 170 Å². The molecule has 0 bridgehead atoms. The highest BCUT2D eigenvalue weighted by Gasteiger charge is 2.28. The largest absolute Gasteiger partial charge is 0.494 e. The van der Waals surface area contributed by atoms with Gasteiger partial charge in [0.1, 0.15) is 5.75 Å². The Morgan fingerprint density at radius 1 is 1.07 bits per heavy atom. The lowest BCUT2D eigenvalue weighted by Crippen LogP contribution is -2.48. The molecule has 1 heterocycles. The highest BCUT2D eigenvalue weighted by molar-refractivity contribution is 7.89. The van der Waals surface area contributed by atoms with Gasteiger partial charge in [-0.05, 0) is 43.2 Å². The van der Waals surface area contributed by atoms with E-state index in [1.807, 2.05) is 31.2 Å². The molecular weight excluding hydrogens is 394 g/mol. The van der Waals surface area contributed by atoms with Gasteiger partial charge in [0.05, 0.1) is 16.4 Å². The van der Waals surface area contributed by atoms with Gasteiger partial charge in [0.25, 0.3) is 5.69 Å². The van der Waals surface area contributed by atoms with E-state index in [1.54, 1.807) is 0 Å². The molecule has 3 rings (SSSR count). The molecule has 2 aromatic carbocycles. The molecule has 0 aliphatic carbocycles. The van der Waals surface area contributed by atoms with Crippen LogP contribution in [-0.4, -0.2) is 61.9 Å². The normalized spacial score (nSPS) is 15.9. The van der Waals surface area contributed by atoms with Crippen LogP contribution in [0, 0.1) is 17.0 Å². The number of nitro benzene ring substituents is 1. The van der Waals surface area contributed by atoms with E-state index in [-0.39, 0.29) is 10.6 Å². The Hall–Kier alpha value is -2.49. The van der Waals surface area contributed by atoms with E-state index in [0.717, 1.165) is 24.3 Å². The van der Waals surface area contributed by atoms with E-state index in [9.17, 15) is 18.5 Å². The van der Waals surface area contributed by atoms with Gasteiger partial charge in [0.15, 0.2) is 0 Å². The Bertz CT molecular complexity index is 939. The summed E-state index contributed by atoms with van der Waals surface area (Å²) in [6.45, 7) is 5.59. The van der Waals surface area contributed by atoms with Gasteiger partial charge in [0, 0.05) is 44.9 Å². The lowest BCUT2D eigenvalue weighted by molar-refractivity contribution is -0.384. The maximum atomic E-state index is 12.7. The summed E-state index contributed by atoms with van der Waals surface area (Å²) < 4.78 is 32.7. The minimum Gasteiger partial charge on any atom is -0.494 e. The fraction of sp³-hybridized carbons (Fsp3) is 0.400. The third-order valence-corrected chi connectivity index (χ3v) is 6.81. The van der Waals surface area contributed by atoms with Gasteiger partial charge in [-0.15, -0.1) is 0 Å². The predicted octanol–water partition coefficient (Wildman–Crippen LogP) is 2.68. The van der Waals surface area contributed by atoms with E-state index < -0.39 is 14.9 Å². The summed E-state index contributed by atoms with van der Waals surface area (Å²) in [5, 5.41) is 10.7. The molecule has 2 aromatic rings. The van der Waals surface area contributed by atoms with Crippen molar-refractivity contribution in [1.29, 1.82) is 0 Å². The van der Waals surface area contributed by atoms with E-state index in [1.165, 1.54) is 28.6 Å². The highest BCUT2D eigenvalue weighted by Crippen LogP contribution is 2.21. The monoisotopic (exact) mass is 419 g/mol. The van der Waals surface area contributed by atoms with Gasteiger partial charge < -0.3 is 9.64 Å². The average Bonchev–Trinajstić information content (AvgIpc) is 2.72. The number of aryl methyl sites for hydroxylation is 1. The summed E-state index contributed by atoms with van der Waals surface area (Å²) in [6, 6.07) is 13.0. The summed E-state index contributed by atoms with van der Waals surface area (Å²) in [5.74, 6) is 0.865. The number of benzene rings is 2. The summed E-state index contributed by atoms with van der Waals surface area (Å²) in [5.41, 5.74) is 1.04. The van der Waals surface area contributed by atoms with Crippen LogP contribution in [0.3, 0.4) is 0 Å². The third-order valence-electron chi connectivity index (χ3n) is 4.89. The molecular formula is C20H25N3O5S. The van der Waals surface area contributed by atoms with Crippen LogP contribution < -0.4 is 4.74 Å². The second kappa shape index (κ2) is 9.34. The van der Waals surface area contributed by atoms with Gasteiger partial charge in [-0.1, -0.05) is 12.1 Å². The fourth-order valence-corrected chi connectivity index (χ4v) is 4.69. The number of non-ortho nitro benzene ring substituents is 1. The number of hydrogen-bond donors (Lipinski definition) is 0. The van der Waals surface area contributed by atoms with Crippen LogP contribution in [0.1, 0.15) is 12.0 Å². The number of ether oxygens (including phenoxy) is 1. The first-order chi connectivity index (χ1) is 13.9. The number of nitro groups is 1. The Morgan fingerprint density at radius 2 is 1.76 bits per heavy atom. The van der Waals surface area contributed by atoms with Crippen LogP contribution in [0.4, 0.5) is 5.69 Å². The zero-order valence-electron chi connectivity index (χ0n) is 16.4.